The quantitative estimate of drug-likeness (QED) is 0.388. The van der Waals surface area contributed by atoms with Crippen molar-refractivity contribution >= 4 is 18.1 Å². The van der Waals surface area contributed by atoms with Crippen molar-refractivity contribution in [1.29, 1.82) is 0 Å². The fourth-order valence-electron chi connectivity index (χ4n) is 0.730. The van der Waals surface area contributed by atoms with Crippen LogP contribution >= 0.6 is 0 Å². The van der Waals surface area contributed by atoms with E-state index >= 15 is 0 Å². The molecule has 1 aliphatic heterocycles. The number of methoxy groups -OCH3 is 1. The van der Waals surface area contributed by atoms with Crippen molar-refractivity contribution in [3.05, 3.63) is 0 Å². The summed E-state index contributed by atoms with van der Waals surface area (Å²) in [7, 11) is 1.21. The fourth-order valence-corrected chi connectivity index (χ4v) is 0.730. The molecule has 1 aliphatic rings. The van der Waals surface area contributed by atoms with Crippen LogP contribution in [0.2, 0.25) is 0 Å². The Balaban J connectivity index is 2.50. The van der Waals surface area contributed by atoms with Gasteiger partial charge in [0.15, 0.2) is 6.29 Å². The highest BCUT2D eigenvalue weighted by Crippen LogP contribution is 1.85. The molecule has 0 aromatic heterocycles. The van der Waals surface area contributed by atoms with E-state index in [1.807, 2.05) is 0 Å². The lowest BCUT2D eigenvalue weighted by Gasteiger charge is -2.23. The molecule has 72 valence electrons. The van der Waals surface area contributed by atoms with E-state index in [1.54, 1.807) is 0 Å². The SMILES string of the molecule is COC(=O)NC1NC(=O)N=C(N)N1. The highest BCUT2D eigenvalue weighted by Gasteiger charge is 2.19. The number of carbonyl (C=O) groups is 2. The predicted molar refractivity (Wildman–Crippen MR) is 42.6 cm³/mol. The minimum absolute atomic E-state index is 0.0647. The van der Waals surface area contributed by atoms with Crippen molar-refractivity contribution in [3.63, 3.8) is 0 Å². The third kappa shape index (κ3) is 2.51. The normalized spacial score (nSPS) is 20.8. The number of nitrogens with two attached hydrogens (primary N) is 1. The van der Waals surface area contributed by atoms with Crippen LogP contribution in [-0.4, -0.2) is 31.5 Å². The highest BCUT2D eigenvalue weighted by molar-refractivity contribution is 5.94. The van der Waals surface area contributed by atoms with Gasteiger partial charge in [0.1, 0.15) is 0 Å². The number of rotatable bonds is 1. The minimum atomic E-state index is -0.794. The van der Waals surface area contributed by atoms with E-state index < -0.39 is 18.4 Å². The maximum absolute atomic E-state index is 10.7. The summed E-state index contributed by atoms with van der Waals surface area (Å²) in [5.74, 6) is -0.0647. The average molecular weight is 187 g/mol. The zero-order valence-corrected chi connectivity index (χ0v) is 6.83. The number of alkyl carbamates (subject to hydrolysis) is 1. The molecule has 0 fully saturated rings. The number of carbonyl (C=O) groups excluding carboxylic acids is 2. The van der Waals surface area contributed by atoms with Gasteiger partial charge in [-0.05, 0) is 0 Å². The molecule has 1 atom stereocenters. The van der Waals surface area contributed by atoms with Gasteiger partial charge in [-0.25, -0.2) is 9.59 Å². The molecule has 1 rings (SSSR count). The van der Waals surface area contributed by atoms with Crippen LogP contribution in [-0.2, 0) is 4.74 Å². The molecule has 5 N–H and O–H groups in total. The topological polar surface area (TPSA) is 118 Å². The Morgan fingerprint density at radius 1 is 1.69 bits per heavy atom. The first-order valence-electron chi connectivity index (χ1n) is 3.37. The Morgan fingerprint density at radius 3 is 2.92 bits per heavy atom. The number of guanidine groups is 1. The van der Waals surface area contributed by atoms with E-state index in [2.05, 4.69) is 25.7 Å². The van der Waals surface area contributed by atoms with Crippen LogP contribution in [0.25, 0.3) is 0 Å². The lowest BCUT2D eigenvalue weighted by molar-refractivity contribution is 0.163. The van der Waals surface area contributed by atoms with Crippen molar-refractivity contribution in [2.45, 2.75) is 6.29 Å². The summed E-state index contributed by atoms with van der Waals surface area (Å²) in [6, 6.07) is -0.627. The van der Waals surface area contributed by atoms with Crippen LogP contribution in [0.5, 0.6) is 0 Å². The molecule has 0 aliphatic carbocycles. The zero-order chi connectivity index (χ0) is 9.84. The van der Waals surface area contributed by atoms with Gasteiger partial charge in [0.25, 0.3) is 0 Å². The minimum Gasteiger partial charge on any atom is -0.453 e. The second-order valence-electron chi connectivity index (χ2n) is 2.16. The predicted octanol–water partition coefficient (Wildman–Crippen LogP) is -1.75. The lowest BCUT2D eigenvalue weighted by atomic mass is 10.6. The molecule has 0 bridgehead atoms. The Hall–Kier alpha value is -1.99. The first-order valence-corrected chi connectivity index (χ1v) is 3.37. The molecule has 0 radical (unpaired) electrons. The standard InChI is InChI=1S/C5H9N5O3/c1-13-5(12)10-3-7-2(6)8-4(11)9-3/h3H,1H3,(H,10,12)(H4,6,7,8,9,11). The van der Waals surface area contributed by atoms with Crippen LogP contribution in [0.3, 0.4) is 0 Å². The second kappa shape index (κ2) is 3.61. The van der Waals surface area contributed by atoms with E-state index in [4.69, 9.17) is 5.73 Å². The summed E-state index contributed by atoms with van der Waals surface area (Å²) in [6.07, 6.45) is -1.48. The van der Waals surface area contributed by atoms with E-state index in [9.17, 15) is 9.59 Å². The molecule has 0 saturated carbocycles. The number of nitrogens with one attached hydrogen (secondary N) is 3. The molecule has 3 amide bonds. The van der Waals surface area contributed by atoms with Crippen molar-refractivity contribution in [2.24, 2.45) is 10.7 Å². The van der Waals surface area contributed by atoms with Crippen molar-refractivity contribution < 1.29 is 14.3 Å². The molecule has 1 heterocycles. The largest absolute Gasteiger partial charge is 0.453 e. The van der Waals surface area contributed by atoms with Gasteiger partial charge >= 0.3 is 12.1 Å². The molecule has 0 spiro atoms. The average Bonchev–Trinajstić information content (AvgIpc) is 2.02. The van der Waals surface area contributed by atoms with Gasteiger partial charge in [-0.3, -0.25) is 10.6 Å². The smallest absolute Gasteiger partial charge is 0.409 e. The number of urea groups is 1. The number of amides is 3. The number of hydrogen-bond donors (Lipinski definition) is 4. The van der Waals surface area contributed by atoms with Gasteiger partial charge < -0.3 is 15.8 Å². The van der Waals surface area contributed by atoms with Gasteiger partial charge in [-0.15, -0.1) is 0 Å². The van der Waals surface area contributed by atoms with Gasteiger partial charge in [0.2, 0.25) is 5.96 Å². The monoisotopic (exact) mass is 187 g/mol. The third-order valence-electron chi connectivity index (χ3n) is 1.23. The van der Waals surface area contributed by atoms with Gasteiger partial charge in [-0.2, -0.15) is 4.99 Å². The first-order chi connectivity index (χ1) is 6.11. The third-order valence-corrected chi connectivity index (χ3v) is 1.23. The molecule has 13 heavy (non-hydrogen) atoms. The van der Waals surface area contributed by atoms with Gasteiger partial charge in [0.05, 0.1) is 7.11 Å². The van der Waals surface area contributed by atoms with Gasteiger partial charge in [0, 0.05) is 0 Å². The summed E-state index contributed by atoms with van der Waals surface area (Å²) < 4.78 is 4.30. The van der Waals surface area contributed by atoms with Crippen molar-refractivity contribution in [1.82, 2.24) is 16.0 Å². The molecular formula is C5H9N5O3. The van der Waals surface area contributed by atoms with E-state index in [0.29, 0.717) is 0 Å². The molecule has 8 heteroatoms. The van der Waals surface area contributed by atoms with Crippen LogP contribution < -0.4 is 21.7 Å². The molecule has 0 saturated heterocycles. The molecular weight excluding hydrogens is 178 g/mol. The van der Waals surface area contributed by atoms with E-state index in [-0.39, 0.29) is 5.96 Å². The summed E-state index contributed by atoms with van der Waals surface area (Å²) in [6.45, 7) is 0. The number of ether oxygens (including phenoxy) is 1. The molecule has 1 unspecified atom stereocenters. The first kappa shape index (κ1) is 9.10. The van der Waals surface area contributed by atoms with Crippen LogP contribution in [0, 0.1) is 0 Å². The fraction of sp³-hybridized carbons (Fsp3) is 0.400. The van der Waals surface area contributed by atoms with Crippen molar-refractivity contribution in [2.75, 3.05) is 7.11 Å². The highest BCUT2D eigenvalue weighted by atomic mass is 16.5. The molecule has 8 nitrogen and oxygen atoms in total. The maximum Gasteiger partial charge on any atom is 0.409 e. The van der Waals surface area contributed by atoms with Crippen LogP contribution in [0.15, 0.2) is 4.99 Å². The number of aliphatic imine (C=N–C) groups is 1. The summed E-state index contributed by atoms with van der Waals surface area (Å²) in [4.78, 5) is 24.7. The van der Waals surface area contributed by atoms with Crippen LogP contribution in [0.4, 0.5) is 9.59 Å². The zero-order valence-electron chi connectivity index (χ0n) is 6.83. The number of nitrogens with zero attached hydrogens (tertiary/aromatic N) is 1. The second-order valence-corrected chi connectivity index (χ2v) is 2.16. The number of hydrogen-bond acceptors (Lipinski definition) is 5. The molecule has 0 aromatic carbocycles. The summed E-state index contributed by atoms with van der Waals surface area (Å²) >= 11 is 0. The van der Waals surface area contributed by atoms with E-state index in [0.717, 1.165) is 0 Å². The lowest BCUT2D eigenvalue weighted by Crippen LogP contribution is -2.62. The van der Waals surface area contributed by atoms with E-state index in [1.165, 1.54) is 7.11 Å². The van der Waals surface area contributed by atoms with Gasteiger partial charge in [-0.1, -0.05) is 0 Å². The Bertz CT molecular complexity index is 263. The van der Waals surface area contributed by atoms with Crippen LogP contribution in [0.1, 0.15) is 0 Å². The Morgan fingerprint density at radius 2 is 2.38 bits per heavy atom. The summed E-state index contributed by atoms with van der Waals surface area (Å²) in [5.41, 5.74) is 5.22. The Labute approximate surface area is 73.5 Å². The maximum atomic E-state index is 10.7. The summed E-state index contributed by atoms with van der Waals surface area (Å²) in [5, 5.41) is 7.04. The van der Waals surface area contributed by atoms with Crippen molar-refractivity contribution in [3.8, 4) is 0 Å². The molecule has 0 aromatic rings. The Kier molecular flexibility index (Phi) is 2.52.